The Balaban J connectivity index is 2.16. The normalized spacial score (nSPS) is 39.2. The van der Waals surface area contributed by atoms with E-state index in [0.29, 0.717) is 0 Å². The number of fused-ring (bicyclic) bond motifs is 2. The molecule has 0 aromatic carbocycles. The zero-order valence-corrected chi connectivity index (χ0v) is 12.8. The summed E-state index contributed by atoms with van der Waals surface area (Å²) in [6.45, 7) is 10.5. The van der Waals surface area contributed by atoms with Gasteiger partial charge in [0.05, 0.1) is 24.1 Å². The molecular formula is C13H28P2+2. The summed E-state index contributed by atoms with van der Waals surface area (Å²) >= 11 is 0. The van der Waals surface area contributed by atoms with Crippen molar-refractivity contribution in [3.63, 3.8) is 0 Å². The molecule has 0 aromatic heterocycles. The molecule has 2 saturated heterocycles. The summed E-state index contributed by atoms with van der Waals surface area (Å²) < 4.78 is 0. The van der Waals surface area contributed by atoms with Crippen LogP contribution in [0.25, 0.3) is 0 Å². The lowest BCUT2D eigenvalue weighted by Gasteiger charge is -2.25. The van der Waals surface area contributed by atoms with Gasteiger partial charge in [-0.25, -0.2) is 0 Å². The fourth-order valence-electron chi connectivity index (χ4n) is 3.68. The highest BCUT2D eigenvalue weighted by Crippen LogP contribution is 2.66. The van der Waals surface area contributed by atoms with Crippen LogP contribution in [0.15, 0.2) is 0 Å². The van der Waals surface area contributed by atoms with Gasteiger partial charge in [0, 0.05) is 47.6 Å². The predicted octanol–water partition coefficient (Wildman–Crippen LogP) is 4.11. The lowest BCUT2D eigenvalue weighted by Crippen LogP contribution is -2.15. The van der Waals surface area contributed by atoms with E-state index in [9.17, 15) is 0 Å². The van der Waals surface area contributed by atoms with Crippen molar-refractivity contribution in [1.82, 2.24) is 0 Å². The maximum absolute atomic E-state index is 2.64. The third-order valence-corrected chi connectivity index (χ3v) is 11.6. The maximum Gasteiger partial charge on any atom is 0.0731 e. The molecule has 88 valence electrons. The molecule has 2 fully saturated rings. The third kappa shape index (κ3) is 2.95. The zero-order valence-electron chi connectivity index (χ0n) is 11.0. The molecule has 15 heavy (non-hydrogen) atoms. The smallest absolute Gasteiger partial charge is 0.0434 e. The highest BCUT2D eigenvalue weighted by atomic mass is 31.2. The SMILES string of the molecule is C[P+]1(C)CCC2CC(CCC[P+]2(C)C)C1. The van der Waals surface area contributed by atoms with E-state index in [1.807, 2.05) is 0 Å². The molecule has 2 atom stereocenters. The average Bonchev–Trinajstić information content (AvgIpc) is 2.30. The molecule has 0 saturated carbocycles. The topological polar surface area (TPSA) is 0 Å². The monoisotopic (exact) mass is 246 g/mol. The molecule has 2 bridgehead atoms. The first-order chi connectivity index (χ1) is 6.89. The summed E-state index contributed by atoms with van der Waals surface area (Å²) in [4.78, 5) is 0. The van der Waals surface area contributed by atoms with Crippen molar-refractivity contribution >= 4 is 14.5 Å². The van der Waals surface area contributed by atoms with E-state index in [0.717, 1.165) is 11.6 Å². The van der Waals surface area contributed by atoms with E-state index >= 15 is 0 Å². The van der Waals surface area contributed by atoms with E-state index in [-0.39, 0.29) is 0 Å². The van der Waals surface area contributed by atoms with Gasteiger partial charge >= 0.3 is 0 Å². The molecule has 2 aliphatic heterocycles. The Morgan fingerprint density at radius 2 is 1.67 bits per heavy atom. The Morgan fingerprint density at radius 1 is 0.933 bits per heavy atom. The minimum atomic E-state index is -0.543. The Morgan fingerprint density at radius 3 is 2.40 bits per heavy atom. The molecule has 0 nitrogen and oxygen atoms in total. The molecule has 2 aliphatic rings. The Labute approximate surface area is 97.3 Å². The summed E-state index contributed by atoms with van der Waals surface area (Å²) in [6.07, 6.45) is 11.1. The van der Waals surface area contributed by atoms with Crippen LogP contribution in [0, 0.1) is 5.92 Å². The molecule has 0 aromatic rings. The van der Waals surface area contributed by atoms with Crippen LogP contribution >= 0.6 is 14.5 Å². The van der Waals surface area contributed by atoms with Gasteiger partial charge in [0.2, 0.25) is 0 Å². The summed E-state index contributed by atoms with van der Waals surface area (Å²) in [5.74, 6) is 1.11. The fourth-order valence-corrected chi connectivity index (χ4v) is 9.87. The van der Waals surface area contributed by atoms with Gasteiger partial charge < -0.3 is 0 Å². The summed E-state index contributed by atoms with van der Waals surface area (Å²) in [5, 5.41) is 0. The van der Waals surface area contributed by atoms with Crippen LogP contribution in [-0.4, -0.2) is 50.8 Å². The molecule has 0 amide bonds. The molecule has 2 unspecified atom stereocenters. The van der Waals surface area contributed by atoms with Crippen LogP contribution in [0.2, 0.25) is 0 Å². The lowest BCUT2D eigenvalue weighted by atomic mass is 9.99. The van der Waals surface area contributed by atoms with E-state index in [1.54, 1.807) is 44.2 Å². The van der Waals surface area contributed by atoms with Crippen molar-refractivity contribution in [1.29, 1.82) is 0 Å². The summed E-state index contributed by atoms with van der Waals surface area (Å²) in [7, 11) is -1.05. The van der Waals surface area contributed by atoms with Crippen molar-refractivity contribution in [3.05, 3.63) is 0 Å². The standard InChI is InChI=1S/C13H28P2/c1-14(2)9-7-13-10-12(11-14)6-5-8-15(13,3)4/h12-13H,5-11H2,1-4H3/q+2. The third-order valence-electron chi connectivity index (χ3n) is 4.76. The van der Waals surface area contributed by atoms with Crippen molar-refractivity contribution in [2.24, 2.45) is 5.92 Å². The first-order valence-corrected chi connectivity index (χ1v) is 12.5. The predicted molar refractivity (Wildman–Crippen MR) is 77.9 cm³/mol. The van der Waals surface area contributed by atoms with E-state index < -0.39 is 14.5 Å². The Hall–Kier alpha value is 0.860. The van der Waals surface area contributed by atoms with Crippen LogP contribution in [0.1, 0.15) is 25.7 Å². The van der Waals surface area contributed by atoms with Gasteiger partial charge in [0.25, 0.3) is 0 Å². The molecule has 0 spiro atoms. The average molecular weight is 246 g/mol. The van der Waals surface area contributed by atoms with Crippen LogP contribution < -0.4 is 0 Å². The molecule has 0 radical (unpaired) electrons. The quantitative estimate of drug-likeness (QED) is 0.564. The van der Waals surface area contributed by atoms with E-state index in [2.05, 4.69) is 26.7 Å². The van der Waals surface area contributed by atoms with Gasteiger partial charge in [-0.1, -0.05) is 0 Å². The summed E-state index contributed by atoms with van der Waals surface area (Å²) in [5.41, 5.74) is 1.15. The van der Waals surface area contributed by atoms with Crippen molar-refractivity contribution < 1.29 is 0 Å². The number of hydrogen-bond acceptors (Lipinski definition) is 0. The van der Waals surface area contributed by atoms with Gasteiger partial charge in [0.15, 0.2) is 0 Å². The second kappa shape index (κ2) is 4.27. The van der Waals surface area contributed by atoms with Gasteiger partial charge in [-0.2, -0.15) is 0 Å². The maximum atomic E-state index is 2.64. The molecule has 2 heteroatoms. The van der Waals surface area contributed by atoms with Gasteiger partial charge in [0.1, 0.15) is 0 Å². The molecule has 0 N–H and O–H groups in total. The van der Waals surface area contributed by atoms with Crippen molar-refractivity contribution in [3.8, 4) is 0 Å². The van der Waals surface area contributed by atoms with Crippen LogP contribution in [0.4, 0.5) is 0 Å². The van der Waals surface area contributed by atoms with Crippen LogP contribution in [0.3, 0.4) is 0 Å². The van der Waals surface area contributed by atoms with Crippen LogP contribution in [0.5, 0.6) is 0 Å². The second-order valence-electron chi connectivity index (χ2n) is 7.03. The van der Waals surface area contributed by atoms with Gasteiger partial charge in [-0.05, 0) is 25.2 Å². The Kier molecular flexibility index (Phi) is 3.51. The minimum Gasteiger partial charge on any atom is -0.0434 e. The Bertz CT molecular complexity index is 233. The van der Waals surface area contributed by atoms with E-state index in [1.165, 1.54) is 0 Å². The van der Waals surface area contributed by atoms with Crippen molar-refractivity contribution in [2.75, 3.05) is 45.1 Å². The molecule has 2 rings (SSSR count). The second-order valence-corrected chi connectivity index (χ2v) is 16.4. The molecule has 2 heterocycles. The number of hydrogen-bond donors (Lipinski definition) is 0. The highest BCUT2D eigenvalue weighted by Gasteiger charge is 2.46. The lowest BCUT2D eigenvalue weighted by molar-refractivity contribution is 0.498. The number of rotatable bonds is 0. The first-order valence-electron chi connectivity index (χ1n) is 6.54. The highest BCUT2D eigenvalue weighted by molar-refractivity contribution is 7.76. The van der Waals surface area contributed by atoms with Crippen LogP contribution in [-0.2, 0) is 0 Å². The first kappa shape index (κ1) is 12.3. The fraction of sp³-hybridized carbons (Fsp3) is 1.00. The largest absolute Gasteiger partial charge is 0.0731 e. The van der Waals surface area contributed by atoms with Gasteiger partial charge in [-0.3, -0.25) is 0 Å². The molecule has 0 aliphatic carbocycles. The zero-order chi connectivity index (χ0) is 11.1. The molecular weight excluding hydrogens is 218 g/mol. The van der Waals surface area contributed by atoms with E-state index in [4.69, 9.17) is 0 Å². The van der Waals surface area contributed by atoms with Crippen molar-refractivity contribution in [2.45, 2.75) is 31.3 Å². The minimum absolute atomic E-state index is 0.508. The summed E-state index contributed by atoms with van der Waals surface area (Å²) in [6, 6.07) is 0. The van der Waals surface area contributed by atoms with Gasteiger partial charge in [-0.15, -0.1) is 0 Å².